The Kier molecular flexibility index (Phi) is 8.37. The van der Waals surface area contributed by atoms with Gasteiger partial charge in [0.15, 0.2) is 0 Å². The van der Waals surface area contributed by atoms with Crippen LogP contribution in [0.25, 0.3) is 0 Å². The predicted molar refractivity (Wildman–Crippen MR) is 129 cm³/mol. The summed E-state index contributed by atoms with van der Waals surface area (Å²) >= 11 is 0. The highest BCUT2D eigenvalue weighted by atomic mass is 31.2. The van der Waals surface area contributed by atoms with E-state index in [0.29, 0.717) is 22.6 Å². The maximum Gasteiger partial charge on any atom is 0.527 e. The quantitative estimate of drug-likeness (QED) is 0.308. The molecule has 10 heteroatoms. The zero-order chi connectivity index (χ0) is 24.9. The van der Waals surface area contributed by atoms with Crippen LogP contribution < -0.4 is 9.05 Å². The number of rotatable bonds is 10. The Labute approximate surface area is 199 Å². The van der Waals surface area contributed by atoms with E-state index >= 15 is 0 Å². The maximum absolute atomic E-state index is 12.4. The van der Waals surface area contributed by atoms with Gasteiger partial charge in [-0.3, -0.25) is 18.8 Å². The van der Waals surface area contributed by atoms with E-state index in [2.05, 4.69) is 0 Å². The molecule has 0 saturated heterocycles. The van der Waals surface area contributed by atoms with Crippen molar-refractivity contribution >= 4 is 15.6 Å². The normalized spacial score (nSPS) is 14.8. The largest absolute Gasteiger partial charge is 0.527 e. The Bertz CT molecular complexity index is 1100. The average Bonchev–Trinajstić information content (AvgIpc) is 2.77. The van der Waals surface area contributed by atoms with Crippen LogP contribution in [0.1, 0.15) is 33.4 Å². The van der Waals surface area contributed by atoms with Gasteiger partial charge in [-0.05, 0) is 61.1 Å². The SMILES string of the molecule is Cc1cccc(C)c1OP(=O)(O)OCc1ccc(COP(=O)(O)Oc2c(C)cccc2C)cc1. The number of para-hydroxylation sites is 2. The molecule has 0 aliphatic rings. The summed E-state index contributed by atoms with van der Waals surface area (Å²) in [6.45, 7) is 6.80. The lowest BCUT2D eigenvalue weighted by Crippen LogP contribution is -2.01. The molecule has 182 valence electrons. The third-order valence-electron chi connectivity index (χ3n) is 5.04. The van der Waals surface area contributed by atoms with Crippen LogP contribution in [0.5, 0.6) is 11.5 Å². The van der Waals surface area contributed by atoms with Crippen molar-refractivity contribution in [2.24, 2.45) is 0 Å². The Hall–Kier alpha value is -2.44. The highest BCUT2D eigenvalue weighted by Gasteiger charge is 2.26. The minimum absolute atomic E-state index is 0.159. The van der Waals surface area contributed by atoms with Gasteiger partial charge in [-0.25, -0.2) is 9.13 Å². The first-order valence-corrected chi connectivity index (χ1v) is 13.5. The summed E-state index contributed by atoms with van der Waals surface area (Å²) in [4.78, 5) is 20.2. The zero-order valence-corrected chi connectivity index (χ0v) is 21.2. The highest BCUT2D eigenvalue weighted by molar-refractivity contribution is 7.48. The van der Waals surface area contributed by atoms with E-state index in [1.807, 2.05) is 12.1 Å². The van der Waals surface area contributed by atoms with Crippen LogP contribution in [0.3, 0.4) is 0 Å². The summed E-state index contributed by atoms with van der Waals surface area (Å²) in [6.07, 6.45) is 0. The van der Waals surface area contributed by atoms with Crippen molar-refractivity contribution in [2.75, 3.05) is 0 Å². The lowest BCUT2D eigenvalue weighted by Gasteiger charge is -2.17. The predicted octanol–water partition coefficient (Wildman–Crippen LogP) is 6.31. The second-order valence-electron chi connectivity index (χ2n) is 7.92. The van der Waals surface area contributed by atoms with E-state index in [-0.39, 0.29) is 13.2 Å². The highest BCUT2D eigenvalue weighted by Crippen LogP contribution is 2.47. The molecule has 2 unspecified atom stereocenters. The fourth-order valence-corrected chi connectivity index (χ4v) is 4.98. The number of benzene rings is 3. The number of hydrogen-bond acceptors (Lipinski definition) is 6. The molecule has 0 saturated carbocycles. The van der Waals surface area contributed by atoms with Crippen LogP contribution in [0.4, 0.5) is 0 Å². The molecule has 0 fully saturated rings. The van der Waals surface area contributed by atoms with Gasteiger partial charge in [0.25, 0.3) is 0 Å². The number of phosphoric ester groups is 2. The third-order valence-corrected chi connectivity index (χ3v) is 6.78. The van der Waals surface area contributed by atoms with Gasteiger partial charge in [-0.15, -0.1) is 0 Å². The maximum atomic E-state index is 12.4. The first kappa shape index (κ1) is 26.2. The van der Waals surface area contributed by atoms with Crippen LogP contribution in [0.15, 0.2) is 60.7 Å². The molecule has 2 N–H and O–H groups in total. The van der Waals surface area contributed by atoms with Crippen molar-refractivity contribution < 1.29 is 37.0 Å². The van der Waals surface area contributed by atoms with Gasteiger partial charge >= 0.3 is 15.6 Å². The van der Waals surface area contributed by atoms with Crippen molar-refractivity contribution in [3.8, 4) is 11.5 Å². The van der Waals surface area contributed by atoms with E-state index in [0.717, 1.165) is 22.3 Å². The molecule has 0 spiro atoms. The van der Waals surface area contributed by atoms with Gasteiger partial charge < -0.3 is 9.05 Å². The molecule has 0 heterocycles. The van der Waals surface area contributed by atoms with Gasteiger partial charge in [0.2, 0.25) is 0 Å². The zero-order valence-electron chi connectivity index (χ0n) is 19.4. The van der Waals surface area contributed by atoms with E-state index < -0.39 is 15.6 Å². The first-order chi connectivity index (χ1) is 16.0. The summed E-state index contributed by atoms with van der Waals surface area (Å²) in [6, 6.07) is 17.4. The van der Waals surface area contributed by atoms with Crippen LogP contribution in [-0.2, 0) is 31.4 Å². The molecule has 8 nitrogen and oxygen atoms in total. The van der Waals surface area contributed by atoms with E-state index in [9.17, 15) is 18.9 Å². The fourth-order valence-electron chi connectivity index (χ4n) is 3.21. The topological polar surface area (TPSA) is 112 Å². The minimum atomic E-state index is -4.33. The molecule has 0 bridgehead atoms. The van der Waals surface area contributed by atoms with Crippen molar-refractivity contribution in [2.45, 2.75) is 40.9 Å². The van der Waals surface area contributed by atoms with E-state index in [1.165, 1.54) is 0 Å². The Balaban J connectivity index is 1.54. The van der Waals surface area contributed by atoms with Gasteiger partial charge in [-0.1, -0.05) is 60.7 Å². The van der Waals surface area contributed by atoms with Crippen LogP contribution >= 0.6 is 15.6 Å². The van der Waals surface area contributed by atoms with Crippen molar-refractivity contribution in [1.82, 2.24) is 0 Å². The molecule has 34 heavy (non-hydrogen) atoms. The minimum Gasteiger partial charge on any atom is -0.404 e. The first-order valence-electron chi connectivity index (χ1n) is 10.5. The molecule has 0 aliphatic heterocycles. The second-order valence-corrected chi connectivity index (χ2v) is 10.7. The van der Waals surface area contributed by atoms with Gasteiger partial charge in [0.1, 0.15) is 11.5 Å². The smallest absolute Gasteiger partial charge is 0.404 e. The molecule has 0 radical (unpaired) electrons. The van der Waals surface area contributed by atoms with Gasteiger partial charge in [-0.2, -0.15) is 0 Å². The molecule has 0 amide bonds. The number of hydrogen-bond donors (Lipinski definition) is 2. The van der Waals surface area contributed by atoms with Crippen molar-refractivity contribution in [3.05, 3.63) is 94.0 Å². The molecule has 0 aliphatic carbocycles. The average molecular weight is 506 g/mol. The number of phosphoric acid groups is 2. The Morgan fingerprint density at radius 2 is 0.882 bits per heavy atom. The fraction of sp³-hybridized carbons (Fsp3) is 0.250. The van der Waals surface area contributed by atoms with Crippen LogP contribution in [-0.4, -0.2) is 9.79 Å². The molecule has 3 aromatic rings. The van der Waals surface area contributed by atoms with Gasteiger partial charge in [0, 0.05) is 0 Å². The third kappa shape index (κ3) is 7.28. The molecule has 3 aromatic carbocycles. The Morgan fingerprint density at radius 1 is 0.588 bits per heavy atom. The monoisotopic (exact) mass is 506 g/mol. The lowest BCUT2D eigenvalue weighted by molar-refractivity contribution is 0.192. The summed E-state index contributed by atoms with van der Waals surface area (Å²) < 4.78 is 45.5. The summed E-state index contributed by atoms with van der Waals surface area (Å²) in [5, 5.41) is 0. The summed E-state index contributed by atoms with van der Waals surface area (Å²) in [5.74, 6) is 0.634. The molecular weight excluding hydrogens is 478 g/mol. The molecule has 2 atom stereocenters. The summed E-state index contributed by atoms with van der Waals surface area (Å²) in [7, 11) is -8.67. The molecule has 3 rings (SSSR count). The van der Waals surface area contributed by atoms with Gasteiger partial charge in [0.05, 0.1) is 13.2 Å². The van der Waals surface area contributed by atoms with E-state index in [1.54, 1.807) is 76.2 Å². The van der Waals surface area contributed by atoms with Crippen LogP contribution in [0, 0.1) is 27.7 Å². The van der Waals surface area contributed by atoms with Crippen LogP contribution in [0.2, 0.25) is 0 Å². The summed E-state index contributed by atoms with van der Waals surface area (Å²) in [5.41, 5.74) is 4.13. The van der Waals surface area contributed by atoms with E-state index in [4.69, 9.17) is 18.1 Å². The van der Waals surface area contributed by atoms with Crippen molar-refractivity contribution in [1.29, 1.82) is 0 Å². The lowest BCUT2D eigenvalue weighted by atomic mass is 10.1. The standard InChI is InChI=1S/C24H28O8P2/c1-17-7-5-8-18(2)23(17)31-33(25,26)29-15-21-11-13-22(14-12-21)16-30-34(27,28)32-24-19(3)9-6-10-20(24)4/h5-14H,15-16H2,1-4H3,(H,25,26)(H,27,28). The Morgan fingerprint density at radius 3 is 1.18 bits per heavy atom. The second kappa shape index (κ2) is 10.9. The molecular formula is C24H28O8P2. The molecule has 0 aromatic heterocycles. The van der Waals surface area contributed by atoms with Crippen molar-refractivity contribution in [3.63, 3.8) is 0 Å². The number of aryl methyl sites for hydroxylation is 4.